The third-order valence-electron chi connectivity index (χ3n) is 1.94. The molecule has 1 heterocycles. The Bertz CT molecular complexity index is 626. The highest BCUT2D eigenvalue weighted by atomic mass is 32.2. The number of hydrogen-bond donors (Lipinski definition) is 2. The maximum Gasteiger partial charge on any atom is 0.278 e. The van der Waals surface area contributed by atoms with Crippen LogP contribution in [0.1, 0.15) is 0 Å². The monoisotopic (exact) mass is 259 g/mol. The molecule has 1 aromatic carbocycles. The lowest BCUT2D eigenvalue weighted by molar-refractivity contribution is 0.582. The summed E-state index contributed by atoms with van der Waals surface area (Å²) in [5.41, 5.74) is -0.332. The molecule has 0 aliphatic carbocycles. The van der Waals surface area contributed by atoms with E-state index >= 15 is 0 Å². The van der Waals surface area contributed by atoms with Crippen LogP contribution in [0.3, 0.4) is 0 Å². The number of H-pyrrole nitrogens is 1. The van der Waals surface area contributed by atoms with E-state index in [1.165, 1.54) is 12.3 Å². The molecule has 90 valence electrons. The number of nitrogens with zero attached hydrogens (tertiary/aromatic N) is 1. The quantitative estimate of drug-likeness (QED) is 0.876. The van der Waals surface area contributed by atoms with E-state index in [1.54, 1.807) is 0 Å². The molecule has 0 spiro atoms. The van der Waals surface area contributed by atoms with Crippen LogP contribution in [0.2, 0.25) is 0 Å². The molecule has 1 aromatic heterocycles. The van der Waals surface area contributed by atoms with Crippen LogP contribution in [-0.2, 0) is 10.0 Å². The van der Waals surface area contributed by atoms with Gasteiger partial charge in [0.05, 0.1) is 11.9 Å². The minimum Gasteiger partial charge on any atom is -0.275 e. The first-order valence-corrected chi connectivity index (χ1v) is 5.94. The van der Waals surface area contributed by atoms with Gasteiger partial charge in [-0.15, -0.1) is 0 Å². The number of halogens is 2. The first-order chi connectivity index (χ1) is 7.99. The molecule has 2 rings (SSSR count). The number of nitrogens with one attached hydrogen (secondary N) is 2. The van der Waals surface area contributed by atoms with Gasteiger partial charge in [-0.1, -0.05) is 0 Å². The number of benzene rings is 1. The van der Waals surface area contributed by atoms with Gasteiger partial charge in [0.2, 0.25) is 0 Å². The van der Waals surface area contributed by atoms with Crippen LogP contribution in [0.5, 0.6) is 0 Å². The Labute approximate surface area is 95.5 Å². The van der Waals surface area contributed by atoms with Gasteiger partial charge >= 0.3 is 0 Å². The third-order valence-corrected chi connectivity index (χ3v) is 3.24. The number of rotatable bonds is 3. The fraction of sp³-hybridized carbons (Fsp3) is 0. The lowest BCUT2D eigenvalue weighted by Crippen LogP contribution is -2.14. The highest BCUT2D eigenvalue weighted by Gasteiger charge is 2.17. The Balaban J connectivity index is 2.33. The van der Waals surface area contributed by atoms with Gasteiger partial charge in [0.15, 0.2) is 5.03 Å². The van der Waals surface area contributed by atoms with Crippen molar-refractivity contribution in [1.82, 2.24) is 10.2 Å². The third kappa shape index (κ3) is 2.41. The molecule has 0 aliphatic rings. The first kappa shape index (κ1) is 11.5. The van der Waals surface area contributed by atoms with E-state index in [0.717, 1.165) is 12.1 Å². The summed E-state index contributed by atoms with van der Waals surface area (Å²) in [5, 5.41) is 5.49. The molecule has 0 amide bonds. The van der Waals surface area contributed by atoms with Gasteiger partial charge in [-0.05, 0) is 18.2 Å². The number of anilines is 1. The Hall–Kier alpha value is -1.96. The van der Waals surface area contributed by atoms with Crippen LogP contribution in [0.15, 0.2) is 35.5 Å². The first-order valence-electron chi connectivity index (χ1n) is 4.46. The van der Waals surface area contributed by atoms with E-state index in [9.17, 15) is 17.2 Å². The van der Waals surface area contributed by atoms with Gasteiger partial charge < -0.3 is 0 Å². The largest absolute Gasteiger partial charge is 0.278 e. The van der Waals surface area contributed by atoms with Crippen LogP contribution in [0.25, 0.3) is 0 Å². The van der Waals surface area contributed by atoms with E-state index in [0.29, 0.717) is 6.07 Å². The summed E-state index contributed by atoms with van der Waals surface area (Å²) in [6.07, 6.45) is 1.25. The molecule has 0 aliphatic heterocycles. The summed E-state index contributed by atoms with van der Waals surface area (Å²) in [4.78, 5) is 0. The van der Waals surface area contributed by atoms with Gasteiger partial charge in [-0.2, -0.15) is 13.5 Å². The van der Waals surface area contributed by atoms with Crippen LogP contribution in [-0.4, -0.2) is 18.6 Å². The molecular weight excluding hydrogens is 252 g/mol. The van der Waals surface area contributed by atoms with Crippen molar-refractivity contribution < 1.29 is 17.2 Å². The average molecular weight is 259 g/mol. The zero-order valence-electron chi connectivity index (χ0n) is 8.31. The zero-order chi connectivity index (χ0) is 12.5. The predicted octanol–water partition coefficient (Wildman–Crippen LogP) is 1.49. The van der Waals surface area contributed by atoms with E-state index in [2.05, 4.69) is 10.2 Å². The molecule has 2 N–H and O–H groups in total. The Kier molecular flexibility index (Phi) is 2.80. The van der Waals surface area contributed by atoms with Crippen molar-refractivity contribution in [3.05, 3.63) is 42.1 Å². The van der Waals surface area contributed by atoms with Gasteiger partial charge in [0.1, 0.15) is 11.6 Å². The number of aromatic amines is 1. The van der Waals surface area contributed by atoms with Crippen molar-refractivity contribution in [2.75, 3.05) is 4.72 Å². The van der Waals surface area contributed by atoms with Crippen molar-refractivity contribution >= 4 is 15.7 Å². The highest BCUT2D eigenvalue weighted by molar-refractivity contribution is 7.92. The SMILES string of the molecule is O=S(=O)(Nc1ccc(F)cc1F)c1ccn[nH]1. The number of aromatic nitrogens is 2. The van der Waals surface area contributed by atoms with Crippen molar-refractivity contribution in [3.63, 3.8) is 0 Å². The van der Waals surface area contributed by atoms with Gasteiger partial charge in [0.25, 0.3) is 10.0 Å². The van der Waals surface area contributed by atoms with Crippen LogP contribution >= 0.6 is 0 Å². The molecule has 5 nitrogen and oxygen atoms in total. The highest BCUT2D eigenvalue weighted by Crippen LogP contribution is 2.18. The Morgan fingerprint density at radius 3 is 2.59 bits per heavy atom. The average Bonchev–Trinajstić information content (AvgIpc) is 2.76. The second-order valence-electron chi connectivity index (χ2n) is 3.15. The van der Waals surface area contributed by atoms with Crippen LogP contribution in [0, 0.1) is 11.6 Å². The summed E-state index contributed by atoms with van der Waals surface area (Å²) in [6.45, 7) is 0. The lowest BCUT2D eigenvalue weighted by atomic mass is 10.3. The normalized spacial score (nSPS) is 11.4. The van der Waals surface area contributed by atoms with E-state index in [1.807, 2.05) is 4.72 Å². The fourth-order valence-electron chi connectivity index (χ4n) is 1.16. The fourth-order valence-corrected chi connectivity index (χ4v) is 2.14. The standard InChI is InChI=1S/C9H7F2N3O2S/c10-6-1-2-8(7(11)5-6)14-17(15,16)9-3-4-12-13-9/h1-5,14H,(H,12,13). The van der Waals surface area contributed by atoms with Crippen LogP contribution in [0.4, 0.5) is 14.5 Å². The molecule has 0 unspecified atom stereocenters. The van der Waals surface area contributed by atoms with E-state index < -0.39 is 21.7 Å². The van der Waals surface area contributed by atoms with Crippen LogP contribution < -0.4 is 4.72 Å². The zero-order valence-corrected chi connectivity index (χ0v) is 9.13. The topological polar surface area (TPSA) is 74.8 Å². The molecule has 0 saturated heterocycles. The van der Waals surface area contributed by atoms with Crippen molar-refractivity contribution in [2.45, 2.75) is 5.03 Å². The smallest absolute Gasteiger partial charge is 0.275 e. The molecule has 0 radical (unpaired) electrons. The molecule has 0 atom stereocenters. The van der Waals surface area contributed by atoms with Gasteiger partial charge in [-0.25, -0.2) is 8.78 Å². The second kappa shape index (κ2) is 4.13. The van der Waals surface area contributed by atoms with Gasteiger partial charge in [-0.3, -0.25) is 9.82 Å². The minimum atomic E-state index is -3.94. The van der Waals surface area contributed by atoms with Crippen molar-refractivity contribution in [1.29, 1.82) is 0 Å². The Morgan fingerprint density at radius 2 is 2.00 bits per heavy atom. The molecule has 2 aromatic rings. The Morgan fingerprint density at radius 1 is 1.24 bits per heavy atom. The molecule has 0 saturated carbocycles. The predicted molar refractivity (Wildman–Crippen MR) is 55.8 cm³/mol. The summed E-state index contributed by atoms with van der Waals surface area (Å²) >= 11 is 0. The maximum atomic E-state index is 13.2. The maximum absolute atomic E-state index is 13.2. The molecule has 0 bridgehead atoms. The summed E-state index contributed by atoms with van der Waals surface area (Å²) < 4.78 is 51.1. The van der Waals surface area contributed by atoms with Crippen molar-refractivity contribution in [3.8, 4) is 0 Å². The van der Waals surface area contributed by atoms with Crippen molar-refractivity contribution in [2.24, 2.45) is 0 Å². The van der Waals surface area contributed by atoms with E-state index in [4.69, 9.17) is 0 Å². The molecule has 17 heavy (non-hydrogen) atoms. The minimum absolute atomic E-state index is 0.207. The molecule has 0 fully saturated rings. The lowest BCUT2D eigenvalue weighted by Gasteiger charge is -2.06. The summed E-state index contributed by atoms with van der Waals surface area (Å²) in [6, 6.07) is 3.75. The molecular formula is C9H7F2N3O2S. The van der Waals surface area contributed by atoms with E-state index in [-0.39, 0.29) is 10.7 Å². The summed E-state index contributed by atoms with van der Waals surface area (Å²) in [7, 11) is -3.94. The number of sulfonamides is 1. The second-order valence-corrected chi connectivity index (χ2v) is 4.80. The summed E-state index contributed by atoms with van der Waals surface area (Å²) in [5.74, 6) is -1.78. The van der Waals surface area contributed by atoms with Gasteiger partial charge in [0, 0.05) is 6.07 Å². The number of hydrogen-bond acceptors (Lipinski definition) is 3. The molecule has 8 heteroatoms.